The SMILES string of the molecule is Cc1nc(CCNC(=O)C(NC(=O)OC(C)(C)C)c2ccccc2)cs1. The summed E-state index contributed by atoms with van der Waals surface area (Å²) in [4.78, 5) is 29.1. The number of thiazole rings is 1. The zero-order valence-electron chi connectivity index (χ0n) is 15.5. The third kappa shape index (κ3) is 6.48. The highest BCUT2D eigenvalue weighted by Crippen LogP contribution is 2.15. The highest BCUT2D eigenvalue weighted by molar-refractivity contribution is 7.09. The summed E-state index contributed by atoms with van der Waals surface area (Å²) in [6.45, 7) is 7.73. The van der Waals surface area contributed by atoms with Crippen LogP contribution in [-0.2, 0) is 16.0 Å². The maximum Gasteiger partial charge on any atom is 0.408 e. The van der Waals surface area contributed by atoms with Crippen molar-refractivity contribution < 1.29 is 14.3 Å². The summed E-state index contributed by atoms with van der Waals surface area (Å²) in [6, 6.07) is 8.28. The minimum absolute atomic E-state index is 0.283. The molecular weight excluding hydrogens is 350 g/mol. The lowest BCUT2D eigenvalue weighted by molar-refractivity contribution is -0.123. The van der Waals surface area contributed by atoms with E-state index in [1.807, 2.05) is 30.5 Å². The topological polar surface area (TPSA) is 80.3 Å². The summed E-state index contributed by atoms with van der Waals surface area (Å²) < 4.78 is 5.28. The lowest BCUT2D eigenvalue weighted by Crippen LogP contribution is -2.43. The normalized spacial score (nSPS) is 12.3. The summed E-state index contributed by atoms with van der Waals surface area (Å²) >= 11 is 1.58. The molecule has 0 saturated heterocycles. The van der Waals surface area contributed by atoms with Gasteiger partial charge in [0.15, 0.2) is 0 Å². The first-order valence-corrected chi connectivity index (χ1v) is 9.36. The molecule has 26 heavy (non-hydrogen) atoms. The van der Waals surface area contributed by atoms with Gasteiger partial charge in [0, 0.05) is 18.3 Å². The Kier molecular flexibility index (Phi) is 6.74. The van der Waals surface area contributed by atoms with Gasteiger partial charge in [0.25, 0.3) is 0 Å². The highest BCUT2D eigenvalue weighted by atomic mass is 32.1. The van der Waals surface area contributed by atoms with Crippen molar-refractivity contribution in [3.05, 3.63) is 52.0 Å². The van der Waals surface area contributed by atoms with Crippen LogP contribution in [0.15, 0.2) is 35.7 Å². The maximum atomic E-state index is 12.6. The Morgan fingerprint density at radius 2 is 1.92 bits per heavy atom. The van der Waals surface area contributed by atoms with Gasteiger partial charge in [0.2, 0.25) is 5.91 Å². The van der Waals surface area contributed by atoms with Crippen molar-refractivity contribution in [3.63, 3.8) is 0 Å². The summed E-state index contributed by atoms with van der Waals surface area (Å²) in [5.41, 5.74) is 1.01. The average Bonchev–Trinajstić information content (AvgIpc) is 2.97. The molecule has 1 unspecified atom stereocenters. The Balaban J connectivity index is 2.00. The number of ether oxygens (including phenoxy) is 1. The number of nitrogens with zero attached hydrogens (tertiary/aromatic N) is 1. The van der Waals surface area contributed by atoms with Crippen LogP contribution >= 0.6 is 11.3 Å². The fourth-order valence-electron chi connectivity index (χ4n) is 2.31. The monoisotopic (exact) mass is 375 g/mol. The number of hydrogen-bond acceptors (Lipinski definition) is 5. The quantitative estimate of drug-likeness (QED) is 0.811. The smallest absolute Gasteiger partial charge is 0.408 e. The van der Waals surface area contributed by atoms with Gasteiger partial charge in [-0.3, -0.25) is 4.79 Å². The lowest BCUT2D eigenvalue weighted by atomic mass is 10.1. The number of aryl methyl sites for hydroxylation is 1. The van der Waals surface area contributed by atoms with Crippen molar-refractivity contribution in [1.82, 2.24) is 15.6 Å². The van der Waals surface area contributed by atoms with Crippen molar-refractivity contribution in [2.24, 2.45) is 0 Å². The molecule has 0 spiro atoms. The number of hydrogen-bond donors (Lipinski definition) is 2. The second-order valence-corrected chi connectivity index (χ2v) is 7.95. The summed E-state index contributed by atoms with van der Waals surface area (Å²) in [5.74, 6) is -0.283. The van der Waals surface area contributed by atoms with Gasteiger partial charge in [0.1, 0.15) is 11.6 Å². The predicted molar refractivity (Wildman–Crippen MR) is 102 cm³/mol. The molecule has 2 rings (SSSR count). The molecule has 2 aromatic rings. The minimum atomic E-state index is -0.816. The number of aromatic nitrogens is 1. The molecule has 0 fully saturated rings. The van der Waals surface area contributed by atoms with Gasteiger partial charge in [-0.05, 0) is 33.3 Å². The van der Waals surface area contributed by atoms with E-state index in [1.165, 1.54) is 0 Å². The Hall–Kier alpha value is -2.41. The van der Waals surface area contributed by atoms with Crippen LogP contribution in [0.3, 0.4) is 0 Å². The molecule has 0 radical (unpaired) electrons. The number of benzene rings is 1. The Morgan fingerprint density at radius 1 is 1.23 bits per heavy atom. The van der Waals surface area contributed by atoms with E-state index in [-0.39, 0.29) is 5.91 Å². The summed E-state index contributed by atoms with van der Waals surface area (Å²) in [5, 5.41) is 8.50. The van der Waals surface area contributed by atoms with E-state index in [9.17, 15) is 9.59 Å². The van der Waals surface area contributed by atoms with Gasteiger partial charge >= 0.3 is 6.09 Å². The number of alkyl carbamates (subject to hydrolysis) is 1. The van der Waals surface area contributed by atoms with Gasteiger partial charge in [-0.2, -0.15) is 0 Å². The number of amides is 2. The Bertz CT molecular complexity index is 738. The first kappa shape index (κ1) is 19.9. The van der Waals surface area contributed by atoms with Gasteiger partial charge in [-0.1, -0.05) is 30.3 Å². The fraction of sp³-hybridized carbons (Fsp3) is 0.421. The largest absolute Gasteiger partial charge is 0.444 e. The molecule has 7 heteroatoms. The molecule has 0 aliphatic carbocycles. The zero-order chi connectivity index (χ0) is 19.2. The molecule has 0 aliphatic heterocycles. The standard InChI is InChI=1S/C19H25N3O3S/c1-13-21-15(12-26-13)10-11-20-17(23)16(14-8-6-5-7-9-14)22-18(24)25-19(2,3)4/h5-9,12,16H,10-11H2,1-4H3,(H,20,23)(H,22,24). The molecule has 2 N–H and O–H groups in total. The summed E-state index contributed by atoms with van der Waals surface area (Å²) in [7, 11) is 0. The number of carbonyl (C=O) groups excluding carboxylic acids is 2. The first-order chi connectivity index (χ1) is 12.2. The molecule has 2 amide bonds. The van der Waals surface area contributed by atoms with Crippen LogP contribution in [0.2, 0.25) is 0 Å². The van der Waals surface area contributed by atoms with Crippen molar-refractivity contribution in [2.45, 2.75) is 45.8 Å². The van der Waals surface area contributed by atoms with Gasteiger partial charge < -0.3 is 15.4 Å². The third-order valence-corrected chi connectivity index (χ3v) is 4.23. The second kappa shape index (κ2) is 8.80. The molecular formula is C19H25N3O3S. The number of rotatable bonds is 6. The Labute approximate surface area is 158 Å². The second-order valence-electron chi connectivity index (χ2n) is 6.89. The van der Waals surface area contributed by atoms with Crippen molar-refractivity contribution in [2.75, 3.05) is 6.54 Å². The average molecular weight is 375 g/mol. The third-order valence-electron chi connectivity index (χ3n) is 3.40. The van der Waals surface area contributed by atoms with Crippen LogP contribution in [-0.4, -0.2) is 29.1 Å². The van der Waals surface area contributed by atoms with Crippen molar-refractivity contribution in [1.29, 1.82) is 0 Å². The molecule has 1 aromatic carbocycles. The fourth-order valence-corrected chi connectivity index (χ4v) is 2.96. The number of carbonyl (C=O) groups is 2. The molecule has 0 bridgehead atoms. The maximum absolute atomic E-state index is 12.6. The van der Waals surface area contributed by atoms with E-state index in [2.05, 4.69) is 15.6 Å². The van der Waals surface area contributed by atoms with E-state index in [4.69, 9.17) is 4.74 Å². The van der Waals surface area contributed by atoms with Crippen LogP contribution in [0.1, 0.15) is 43.1 Å². The van der Waals surface area contributed by atoms with E-state index in [0.29, 0.717) is 18.5 Å². The van der Waals surface area contributed by atoms with Crippen molar-refractivity contribution in [3.8, 4) is 0 Å². The minimum Gasteiger partial charge on any atom is -0.444 e. The lowest BCUT2D eigenvalue weighted by Gasteiger charge is -2.23. The molecule has 140 valence electrons. The molecule has 0 saturated carbocycles. The van der Waals surface area contributed by atoms with Crippen molar-refractivity contribution >= 4 is 23.3 Å². The molecule has 1 aromatic heterocycles. The first-order valence-electron chi connectivity index (χ1n) is 8.48. The zero-order valence-corrected chi connectivity index (χ0v) is 16.4. The van der Waals surface area contributed by atoms with E-state index in [0.717, 1.165) is 10.7 Å². The van der Waals surface area contributed by atoms with Crippen LogP contribution in [0.25, 0.3) is 0 Å². The van der Waals surface area contributed by atoms with Crippen LogP contribution in [0, 0.1) is 6.92 Å². The predicted octanol–water partition coefficient (Wildman–Crippen LogP) is 3.38. The molecule has 6 nitrogen and oxygen atoms in total. The number of nitrogens with one attached hydrogen (secondary N) is 2. The van der Waals surface area contributed by atoms with Crippen LogP contribution in [0.4, 0.5) is 4.79 Å². The molecule has 0 aliphatic rings. The van der Waals surface area contributed by atoms with Gasteiger partial charge in [0.05, 0.1) is 10.7 Å². The van der Waals surface area contributed by atoms with Gasteiger partial charge in [-0.15, -0.1) is 11.3 Å². The molecule has 1 heterocycles. The van der Waals surface area contributed by atoms with Gasteiger partial charge in [-0.25, -0.2) is 9.78 Å². The van der Waals surface area contributed by atoms with E-state index < -0.39 is 17.7 Å². The van der Waals surface area contributed by atoms with Crippen LogP contribution < -0.4 is 10.6 Å². The Morgan fingerprint density at radius 3 is 2.50 bits per heavy atom. The summed E-state index contributed by atoms with van der Waals surface area (Å²) in [6.07, 6.45) is 0.0148. The van der Waals surface area contributed by atoms with Crippen LogP contribution in [0.5, 0.6) is 0 Å². The highest BCUT2D eigenvalue weighted by Gasteiger charge is 2.25. The van der Waals surface area contributed by atoms with E-state index in [1.54, 1.807) is 44.2 Å². The van der Waals surface area contributed by atoms with E-state index >= 15 is 0 Å². The molecule has 1 atom stereocenters.